The molecule has 1 rings (SSSR count). The molecule has 0 saturated carbocycles. The van der Waals surface area contributed by atoms with Gasteiger partial charge in [-0.05, 0) is 44.9 Å². The highest BCUT2D eigenvalue weighted by Gasteiger charge is 2.20. The van der Waals surface area contributed by atoms with Crippen molar-refractivity contribution in [2.75, 3.05) is 29.9 Å². The first-order valence-electron chi connectivity index (χ1n) is 10.5. The Hall–Kier alpha value is -2.69. The maximum Gasteiger partial charge on any atom is 0.335 e. The van der Waals surface area contributed by atoms with E-state index in [1.165, 1.54) is 0 Å². The Morgan fingerprint density at radius 3 is 2.34 bits per heavy atom. The highest BCUT2D eigenvalue weighted by molar-refractivity contribution is 5.92. The molecule has 0 aliphatic carbocycles. The van der Waals surface area contributed by atoms with Crippen LogP contribution in [0.15, 0.2) is 48.8 Å². The molecule has 0 fully saturated rings. The van der Waals surface area contributed by atoms with Crippen LogP contribution in [-0.2, 0) is 0 Å². The molecule has 0 amide bonds. The zero-order valence-corrected chi connectivity index (χ0v) is 18.3. The van der Waals surface area contributed by atoms with Crippen LogP contribution in [0.2, 0.25) is 0 Å². The number of benzene rings is 1. The fourth-order valence-corrected chi connectivity index (χ4v) is 2.92. The molecule has 0 bridgehead atoms. The van der Waals surface area contributed by atoms with Crippen molar-refractivity contribution in [3.63, 3.8) is 0 Å². The van der Waals surface area contributed by atoms with Crippen LogP contribution in [0.3, 0.4) is 0 Å². The van der Waals surface area contributed by atoms with Gasteiger partial charge in [0.05, 0.1) is 16.9 Å². The summed E-state index contributed by atoms with van der Waals surface area (Å²) in [4.78, 5) is 14.0. The number of aromatic carboxylic acids is 1. The van der Waals surface area contributed by atoms with Gasteiger partial charge in [0.1, 0.15) is 5.76 Å². The van der Waals surface area contributed by atoms with Crippen LogP contribution in [0.4, 0.5) is 11.4 Å². The first-order valence-corrected chi connectivity index (χ1v) is 10.5. The van der Waals surface area contributed by atoms with Gasteiger partial charge in [0.2, 0.25) is 0 Å². The number of carboxylic acid groups (broad SMARTS) is 1. The number of anilines is 2. The van der Waals surface area contributed by atoms with Crippen LogP contribution >= 0.6 is 0 Å². The number of hydrogen-bond acceptors (Lipinski definition) is 4. The molecule has 0 saturated heterocycles. The smallest absolute Gasteiger partial charge is 0.335 e. The second-order valence-corrected chi connectivity index (χ2v) is 6.90. The van der Waals surface area contributed by atoms with E-state index >= 15 is 0 Å². The maximum atomic E-state index is 11.8. The van der Waals surface area contributed by atoms with E-state index < -0.39 is 5.97 Å². The number of carboxylic acids is 1. The molecule has 0 aliphatic rings. The van der Waals surface area contributed by atoms with Gasteiger partial charge < -0.3 is 20.1 Å². The Morgan fingerprint density at radius 2 is 1.83 bits per heavy atom. The molecule has 0 spiro atoms. The van der Waals surface area contributed by atoms with Gasteiger partial charge >= 0.3 is 5.97 Å². The summed E-state index contributed by atoms with van der Waals surface area (Å²) in [7, 11) is 0. The van der Waals surface area contributed by atoms with E-state index in [0.29, 0.717) is 18.0 Å². The lowest BCUT2D eigenvalue weighted by atomic mass is 10.1. The molecule has 1 aromatic carbocycles. The summed E-state index contributed by atoms with van der Waals surface area (Å²) in [6, 6.07) is 3.38. The van der Waals surface area contributed by atoms with Gasteiger partial charge in [0.15, 0.2) is 5.75 Å². The van der Waals surface area contributed by atoms with Gasteiger partial charge in [-0.15, -0.1) is 0 Å². The average Bonchev–Trinajstić information content (AvgIpc) is 2.69. The van der Waals surface area contributed by atoms with Crippen LogP contribution < -0.4 is 15.0 Å². The number of allylic oxidation sites excluding steroid dienone is 5. The van der Waals surface area contributed by atoms with Gasteiger partial charge in [-0.25, -0.2) is 4.79 Å². The molecule has 1 aromatic rings. The van der Waals surface area contributed by atoms with E-state index in [1.54, 1.807) is 18.2 Å². The molecule has 29 heavy (non-hydrogen) atoms. The largest absolute Gasteiger partial charge is 0.478 e. The van der Waals surface area contributed by atoms with Crippen LogP contribution in [0, 0.1) is 0 Å². The monoisotopic (exact) mass is 400 g/mol. The van der Waals surface area contributed by atoms with Crippen LogP contribution in [0.1, 0.15) is 63.7 Å². The minimum Gasteiger partial charge on any atom is -0.478 e. The molecule has 5 heteroatoms. The zero-order valence-electron chi connectivity index (χ0n) is 18.3. The Balaban J connectivity index is 3.52. The molecule has 0 aromatic heterocycles. The van der Waals surface area contributed by atoms with Gasteiger partial charge in [0.25, 0.3) is 0 Å². The van der Waals surface area contributed by atoms with Gasteiger partial charge in [0, 0.05) is 19.6 Å². The number of rotatable bonds is 14. The van der Waals surface area contributed by atoms with Crippen molar-refractivity contribution in [2.24, 2.45) is 0 Å². The quantitative estimate of drug-likeness (QED) is 0.285. The van der Waals surface area contributed by atoms with Gasteiger partial charge in [-0.2, -0.15) is 0 Å². The van der Waals surface area contributed by atoms with Crippen molar-refractivity contribution in [3.05, 3.63) is 54.3 Å². The zero-order chi connectivity index (χ0) is 21.6. The van der Waals surface area contributed by atoms with E-state index in [9.17, 15) is 9.90 Å². The minimum absolute atomic E-state index is 0.259. The summed E-state index contributed by atoms with van der Waals surface area (Å²) < 4.78 is 6.23. The van der Waals surface area contributed by atoms with Gasteiger partial charge in [-0.3, -0.25) is 0 Å². The highest BCUT2D eigenvalue weighted by Crippen LogP contribution is 2.39. The molecule has 2 N–H and O–H groups in total. The van der Waals surface area contributed by atoms with E-state index in [4.69, 9.17) is 4.74 Å². The van der Waals surface area contributed by atoms with Crippen LogP contribution in [0.25, 0.3) is 0 Å². The lowest BCUT2D eigenvalue weighted by molar-refractivity contribution is 0.0697. The normalized spacial score (nSPS) is 11.5. The summed E-state index contributed by atoms with van der Waals surface area (Å²) in [5.74, 6) is 0.450. The molecular weight excluding hydrogens is 364 g/mol. The Kier molecular flexibility index (Phi) is 11.3. The molecule has 160 valence electrons. The van der Waals surface area contributed by atoms with Gasteiger partial charge in [-0.1, -0.05) is 51.5 Å². The van der Waals surface area contributed by atoms with Crippen molar-refractivity contribution in [1.82, 2.24) is 0 Å². The molecule has 0 radical (unpaired) electrons. The maximum absolute atomic E-state index is 11.8. The predicted molar refractivity (Wildman–Crippen MR) is 123 cm³/mol. The average molecular weight is 401 g/mol. The molecule has 0 heterocycles. The summed E-state index contributed by atoms with van der Waals surface area (Å²) in [6.07, 6.45) is 11.5. The summed E-state index contributed by atoms with van der Waals surface area (Å²) in [5, 5.41) is 12.9. The molecule has 0 atom stereocenters. The predicted octanol–water partition coefficient (Wildman–Crippen LogP) is 6.25. The molecule has 0 aliphatic heterocycles. The third-order valence-corrected chi connectivity index (χ3v) is 4.43. The number of carbonyl (C=O) groups is 1. The van der Waals surface area contributed by atoms with E-state index in [-0.39, 0.29) is 5.56 Å². The van der Waals surface area contributed by atoms with E-state index in [1.807, 2.05) is 32.1 Å². The summed E-state index contributed by atoms with van der Waals surface area (Å²) in [6.45, 7) is 14.3. The standard InChI is InChI=1S/C24H36N2O3/c1-6-10-13-14-19(5)29-23-21(25-9-4)17-20(24(27)28)18-22(23)26(15-11-7-2)16-12-8-3/h6,10,13-14,17-18,25H,1,7-9,11-12,15-16H2,2-5H3,(H,27,28)/b13-10-,19-14+. The van der Waals surface area contributed by atoms with Crippen molar-refractivity contribution in [1.29, 1.82) is 0 Å². The highest BCUT2D eigenvalue weighted by atomic mass is 16.5. The molecule has 0 unspecified atom stereocenters. The minimum atomic E-state index is -0.941. The van der Waals surface area contributed by atoms with Crippen LogP contribution in [-0.4, -0.2) is 30.7 Å². The van der Waals surface area contributed by atoms with Crippen molar-refractivity contribution in [2.45, 2.75) is 53.4 Å². The number of nitrogens with zero attached hydrogens (tertiary/aromatic N) is 1. The van der Waals surface area contributed by atoms with Crippen molar-refractivity contribution >= 4 is 17.3 Å². The van der Waals surface area contributed by atoms with E-state index in [0.717, 1.165) is 50.2 Å². The lowest BCUT2D eigenvalue weighted by Crippen LogP contribution is -2.27. The third kappa shape index (κ3) is 8.06. The second-order valence-electron chi connectivity index (χ2n) is 6.90. The molecule has 5 nitrogen and oxygen atoms in total. The molecular formula is C24H36N2O3. The Labute approximate surface area is 175 Å². The topological polar surface area (TPSA) is 61.8 Å². The SMILES string of the molecule is C=C/C=C\C=C(/C)Oc1c(NCC)cc(C(=O)O)cc1N(CCCC)CCCC. The summed E-state index contributed by atoms with van der Waals surface area (Å²) in [5.41, 5.74) is 1.78. The lowest BCUT2D eigenvalue weighted by Gasteiger charge is -2.28. The third-order valence-electron chi connectivity index (χ3n) is 4.43. The fraction of sp³-hybridized carbons (Fsp3) is 0.458. The van der Waals surface area contributed by atoms with Crippen molar-refractivity contribution < 1.29 is 14.6 Å². The Morgan fingerprint density at radius 1 is 1.17 bits per heavy atom. The second kappa shape index (κ2) is 13.5. The van der Waals surface area contributed by atoms with E-state index in [2.05, 4.69) is 30.6 Å². The first kappa shape index (κ1) is 24.3. The van der Waals surface area contributed by atoms with Crippen molar-refractivity contribution in [3.8, 4) is 5.75 Å². The van der Waals surface area contributed by atoms with Crippen LogP contribution in [0.5, 0.6) is 5.75 Å². The first-order chi connectivity index (χ1) is 14.0. The summed E-state index contributed by atoms with van der Waals surface area (Å²) >= 11 is 0. The Bertz CT molecular complexity index is 715. The fourth-order valence-electron chi connectivity index (χ4n) is 2.92. The number of unbranched alkanes of at least 4 members (excludes halogenated alkanes) is 2. The number of ether oxygens (including phenoxy) is 1. The number of nitrogens with one attached hydrogen (secondary N) is 1. The number of hydrogen-bond donors (Lipinski definition) is 2.